The van der Waals surface area contributed by atoms with Crippen LogP contribution in [0.25, 0.3) is 0 Å². The second-order valence-electron chi connectivity index (χ2n) is 6.63. The van der Waals surface area contributed by atoms with Gasteiger partial charge in [0, 0.05) is 6.04 Å². The van der Waals surface area contributed by atoms with Crippen LogP contribution in [0.4, 0.5) is 4.79 Å². The molecule has 7 heteroatoms. The van der Waals surface area contributed by atoms with Gasteiger partial charge in [0.2, 0.25) is 5.91 Å². The van der Waals surface area contributed by atoms with Crippen LogP contribution < -0.4 is 16.0 Å². The molecule has 0 aromatic carbocycles. The number of amides is 3. The number of carbonyl (C=O) groups excluding carboxylic acids is 2. The minimum Gasteiger partial charge on any atom is -0.335 e. The number of halogens is 1. The zero-order valence-electron chi connectivity index (χ0n) is 14.1. The van der Waals surface area contributed by atoms with E-state index >= 15 is 0 Å². The first-order valence-electron chi connectivity index (χ1n) is 8.64. The minimum absolute atomic E-state index is 0. The first-order valence-corrected chi connectivity index (χ1v) is 8.64. The maximum atomic E-state index is 11.9. The summed E-state index contributed by atoms with van der Waals surface area (Å²) < 4.78 is 0. The maximum absolute atomic E-state index is 11.9. The van der Waals surface area contributed by atoms with Crippen molar-refractivity contribution < 1.29 is 9.59 Å². The highest BCUT2D eigenvalue weighted by molar-refractivity contribution is 5.95. The van der Waals surface area contributed by atoms with Gasteiger partial charge in [-0.05, 0) is 58.3 Å². The van der Waals surface area contributed by atoms with Gasteiger partial charge in [-0.2, -0.15) is 0 Å². The van der Waals surface area contributed by atoms with Crippen molar-refractivity contribution in [1.82, 2.24) is 20.9 Å². The van der Waals surface area contributed by atoms with E-state index in [0.717, 1.165) is 45.3 Å². The van der Waals surface area contributed by atoms with Crippen molar-refractivity contribution in [2.75, 3.05) is 33.2 Å². The van der Waals surface area contributed by atoms with E-state index in [9.17, 15) is 9.59 Å². The lowest BCUT2D eigenvalue weighted by atomic mass is 9.96. The Bertz CT molecular complexity index is 367. The van der Waals surface area contributed by atoms with E-state index in [0.29, 0.717) is 12.5 Å². The average molecular weight is 347 g/mol. The molecule has 134 valence electrons. The second kappa shape index (κ2) is 10.8. The summed E-state index contributed by atoms with van der Waals surface area (Å²) in [7, 11) is 1.98. The van der Waals surface area contributed by atoms with Crippen molar-refractivity contribution in [3.8, 4) is 0 Å². The molecule has 0 aromatic heterocycles. The number of hydrogen-bond donors (Lipinski definition) is 3. The number of imide groups is 1. The van der Waals surface area contributed by atoms with Gasteiger partial charge in [-0.25, -0.2) is 4.79 Å². The Hall–Kier alpha value is -0.850. The molecule has 0 unspecified atom stereocenters. The van der Waals surface area contributed by atoms with Gasteiger partial charge < -0.3 is 10.6 Å². The third-order valence-corrected chi connectivity index (χ3v) is 4.76. The molecule has 0 spiro atoms. The van der Waals surface area contributed by atoms with Gasteiger partial charge in [0.05, 0.1) is 6.54 Å². The molecule has 3 N–H and O–H groups in total. The third-order valence-electron chi connectivity index (χ3n) is 4.76. The van der Waals surface area contributed by atoms with Crippen LogP contribution in [-0.4, -0.2) is 56.1 Å². The Labute approximate surface area is 145 Å². The predicted octanol–water partition coefficient (Wildman–Crippen LogP) is 1.50. The van der Waals surface area contributed by atoms with E-state index in [1.54, 1.807) is 0 Å². The number of likely N-dealkylation sites (tertiary alicyclic amines) is 1. The quantitative estimate of drug-likeness (QED) is 0.705. The first-order chi connectivity index (χ1) is 10.7. The molecule has 2 rings (SSSR count). The molecule has 1 aliphatic heterocycles. The van der Waals surface area contributed by atoms with Gasteiger partial charge in [0.25, 0.3) is 0 Å². The largest absolute Gasteiger partial charge is 0.335 e. The van der Waals surface area contributed by atoms with E-state index in [2.05, 4.69) is 20.9 Å². The molecule has 1 heterocycles. The van der Waals surface area contributed by atoms with Gasteiger partial charge in [-0.15, -0.1) is 12.4 Å². The third kappa shape index (κ3) is 7.50. The van der Waals surface area contributed by atoms with Gasteiger partial charge in [-0.1, -0.05) is 19.3 Å². The summed E-state index contributed by atoms with van der Waals surface area (Å²) in [5.74, 6) is 0.513. The molecular weight excluding hydrogens is 316 g/mol. The molecule has 2 fully saturated rings. The molecule has 3 amide bonds. The summed E-state index contributed by atoms with van der Waals surface area (Å²) in [5, 5.41) is 8.59. The van der Waals surface area contributed by atoms with E-state index in [-0.39, 0.29) is 30.4 Å². The highest BCUT2D eigenvalue weighted by atomic mass is 35.5. The van der Waals surface area contributed by atoms with Crippen molar-refractivity contribution in [3.05, 3.63) is 0 Å². The maximum Gasteiger partial charge on any atom is 0.321 e. The number of hydrogen-bond acceptors (Lipinski definition) is 4. The summed E-state index contributed by atoms with van der Waals surface area (Å²) in [6.07, 6.45) is 7.87. The van der Waals surface area contributed by atoms with Crippen molar-refractivity contribution in [3.63, 3.8) is 0 Å². The zero-order valence-corrected chi connectivity index (χ0v) is 14.9. The van der Waals surface area contributed by atoms with Crippen LogP contribution in [-0.2, 0) is 4.79 Å². The molecule has 0 atom stereocenters. The normalized spacial score (nSPS) is 20.6. The van der Waals surface area contributed by atoms with Crippen LogP contribution in [0.1, 0.15) is 44.9 Å². The number of rotatable bonds is 5. The lowest BCUT2D eigenvalue weighted by molar-refractivity contribution is -0.121. The highest BCUT2D eigenvalue weighted by Gasteiger charge is 2.22. The Morgan fingerprint density at radius 3 is 2.30 bits per heavy atom. The predicted molar refractivity (Wildman–Crippen MR) is 93.9 cm³/mol. The lowest BCUT2D eigenvalue weighted by Gasteiger charge is -2.31. The van der Waals surface area contributed by atoms with Crippen LogP contribution in [0.5, 0.6) is 0 Å². The molecule has 0 aromatic rings. The molecule has 1 saturated carbocycles. The number of carbonyl (C=O) groups is 2. The summed E-state index contributed by atoms with van der Waals surface area (Å²) in [6, 6.07) is -0.0965. The van der Waals surface area contributed by atoms with Crippen LogP contribution >= 0.6 is 12.4 Å². The van der Waals surface area contributed by atoms with Crippen molar-refractivity contribution in [1.29, 1.82) is 0 Å². The van der Waals surface area contributed by atoms with Gasteiger partial charge in [0.15, 0.2) is 0 Å². The Kier molecular flexibility index (Phi) is 9.52. The smallest absolute Gasteiger partial charge is 0.321 e. The van der Waals surface area contributed by atoms with Crippen LogP contribution in [0.3, 0.4) is 0 Å². The summed E-state index contributed by atoms with van der Waals surface area (Å²) >= 11 is 0. The van der Waals surface area contributed by atoms with Crippen LogP contribution in [0, 0.1) is 5.92 Å². The molecule has 6 nitrogen and oxygen atoms in total. The minimum atomic E-state index is -0.332. The molecule has 1 saturated heterocycles. The van der Waals surface area contributed by atoms with Crippen molar-refractivity contribution >= 4 is 24.3 Å². The topological polar surface area (TPSA) is 73.5 Å². The van der Waals surface area contributed by atoms with Gasteiger partial charge >= 0.3 is 6.03 Å². The number of nitrogens with zero attached hydrogens (tertiary/aromatic N) is 1. The molecule has 23 heavy (non-hydrogen) atoms. The standard InChI is InChI=1S/C16H30N4O2.ClH/c1-17-11-13-7-9-20(10-8-13)12-15(21)19-16(22)18-14-5-3-2-4-6-14;/h13-14,17H,2-12H2,1H3,(H2,18,19,21,22);1H. The first kappa shape index (κ1) is 20.2. The van der Waals surface area contributed by atoms with E-state index in [1.807, 2.05) is 7.05 Å². The number of urea groups is 1. The van der Waals surface area contributed by atoms with E-state index < -0.39 is 0 Å². The summed E-state index contributed by atoms with van der Waals surface area (Å²) in [4.78, 5) is 25.9. The van der Waals surface area contributed by atoms with E-state index in [4.69, 9.17) is 0 Å². The SMILES string of the molecule is CNCC1CCN(CC(=O)NC(=O)NC2CCCCC2)CC1.Cl. The Morgan fingerprint density at radius 2 is 1.70 bits per heavy atom. The monoisotopic (exact) mass is 346 g/mol. The number of piperidine rings is 1. The second-order valence-corrected chi connectivity index (χ2v) is 6.63. The van der Waals surface area contributed by atoms with Gasteiger partial charge in [-0.3, -0.25) is 15.0 Å². The van der Waals surface area contributed by atoms with Crippen LogP contribution in [0.15, 0.2) is 0 Å². The molecule has 0 bridgehead atoms. The summed E-state index contributed by atoms with van der Waals surface area (Å²) in [5.41, 5.74) is 0. The number of nitrogens with one attached hydrogen (secondary N) is 3. The van der Waals surface area contributed by atoms with Crippen LogP contribution in [0.2, 0.25) is 0 Å². The van der Waals surface area contributed by atoms with Crippen molar-refractivity contribution in [2.24, 2.45) is 5.92 Å². The van der Waals surface area contributed by atoms with Crippen molar-refractivity contribution in [2.45, 2.75) is 51.0 Å². The lowest BCUT2D eigenvalue weighted by Crippen LogP contribution is -2.49. The molecule has 2 aliphatic rings. The fourth-order valence-electron chi connectivity index (χ4n) is 3.48. The molecular formula is C16H31ClN4O2. The Morgan fingerprint density at radius 1 is 1.04 bits per heavy atom. The highest BCUT2D eigenvalue weighted by Crippen LogP contribution is 2.17. The summed E-state index contributed by atoms with van der Waals surface area (Å²) in [6.45, 7) is 3.24. The Balaban J connectivity index is 0.00000264. The molecule has 0 radical (unpaired) electrons. The zero-order chi connectivity index (χ0) is 15.8. The molecule has 1 aliphatic carbocycles. The van der Waals surface area contributed by atoms with Gasteiger partial charge in [0.1, 0.15) is 0 Å². The average Bonchev–Trinajstić information content (AvgIpc) is 2.50. The van der Waals surface area contributed by atoms with E-state index in [1.165, 1.54) is 19.3 Å². The fraction of sp³-hybridized carbons (Fsp3) is 0.875. The fourth-order valence-corrected chi connectivity index (χ4v) is 3.48.